The van der Waals surface area contributed by atoms with E-state index in [0.29, 0.717) is 0 Å². The zero-order valence-electron chi connectivity index (χ0n) is 31.1. The quantitative estimate of drug-likeness (QED) is 0.180. The first-order valence-corrected chi connectivity index (χ1v) is 19.6. The predicted molar refractivity (Wildman–Crippen MR) is 238 cm³/mol. The first-order chi connectivity index (χ1) is 28.7. The van der Waals surface area contributed by atoms with Gasteiger partial charge in [-0.1, -0.05) is 97.1 Å². The Balaban J connectivity index is 1.01. The summed E-state index contributed by atoms with van der Waals surface area (Å²) >= 11 is 0. The third-order valence-corrected chi connectivity index (χ3v) is 11.9. The lowest BCUT2D eigenvalue weighted by molar-refractivity contribution is 0.668. The Bertz CT molecular complexity index is 3570. The fourth-order valence-electron chi connectivity index (χ4n) is 9.28. The Hall–Kier alpha value is -7.89. The predicted octanol–water partition coefficient (Wildman–Crippen LogP) is 14.4. The van der Waals surface area contributed by atoms with Gasteiger partial charge in [0.1, 0.15) is 28.1 Å². The van der Waals surface area contributed by atoms with Crippen LogP contribution in [-0.2, 0) is 0 Å². The lowest BCUT2D eigenvalue weighted by Gasteiger charge is -2.12. The molecule has 0 radical (unpaired) electrons. The molecular formula is C53H31N3O2. The van der Waals surface area contributed by atoms with Crippen molar-refractivity contribution in [3.05, 3.63) is 188 Å². The van der Waals surface area contributed by atoms with Crippen LogP contribution in [0.3, 0.4) is 0 Å². The molecule has 0 saturated carbocycles. The number of pyridine rings is 1. The minimum absolute atomic E-state index is 0.868. The minimum Gasteiger partial charge on any atom is -0.456 e. The molecule has 0 unspecified atom stereocenters. The molecule has 5 heteroatoms. The second-order valence-electron chi connectivity index (χ2n) is 15.1. The number of hydrogen-bond acceptors (Lipinski definition) is 3. The van der Waals surface area contributed by atoms with E-state index >= 15 is 0 Å². The van der Waals surface area contributed by atoms with Gasteiger partial charge in [0.25, 0.3) is 0 Å². The summed E-state index contributed by atoms with van der Waals surface area (Å²) in [6.07, 6.45) is 0. The maximum atomic E-state index is 6.16. The van der Waals surface area contributed by atoms with Crippen LogP contribution >= 0.6 is 0 Å². The molecule has 8 aromatic carbocycles. The van der Waals surface area contributed by atoms with Crippen LogP contribution in [0.2, 0.25) is 0 Å². The van der Waals surface area contributed by atoms with Crippen LogP contribution < -0.4 is 0 Å². The molecule has 0 aliphatic heterocycles. The van der Waals surface area contributed by atoms with E-state index in [2.05, 4.69) is 173 Å². The first-order valence-electron chi connectivity index (χ1n) is 19.6. The Labute approximate surface area is 331 Å². The second-order valence-corrected chi connectivity index (χ2v) is 15.1. The van der Waals surface area contributed by atoms with Crippen molar-refractivity contribution in [2.45, 2.75) is 0 Å². The number of nitrogens with zero attached hydrogens (tertiary/aromatic N) is 3. The molecule has 13 aromatic rings. The molecule has 58 heavy (non-hydrogen) atoms. The molecule has 13 rings (SSSR count). The average Bonchev–Trinajstić information content (AvgIpc) is 4.03. The summed E-state index contributed by atoms with van der Waals surface area (Å²) in [6, 6.07) is 66.7. The molecule has 0 bridgehead atoms. The minimum atomic E-state index is 0.868. The van der Waals surface area contributed by atoms with Gasteiger partial charge in [0.05, 0.1) is 27.8 Å². The SMILES string of the molecule is c1cc(-c2ccc3oc4ccccc4c3c2)cc(-n2c3ccccc3c3cc4c5ccccc5n(-c5cccc(-c6ccc7oc8ccccc8c7c6)n5)c4cc32)c1. The summed E-state index contributed by atoms with van der Waals surface area (Å²) in [5.74, 6) is 0.868. The zero-order valence-corrected chi connectivity index (χ0v) is 31.1. The highest BCUT2D eigenvalue weighted by atomic mass is 16.3. The number of fused-ring (bicyclic) bond motifs is 12. The van der Waals surface area contributed by atoms with E-state index in [1.807, 2.05) is 24.3 Å². The first kappa shape index (κ1) is 31.3. The molecule has 0 aliphatic rings. The van der Waals surface area contributed by atoms with Gasteiger partial charge in [0.15, 0.2) is 0 Å². The highest BCUT2D eigenvalue weighted by molar-refractivity contribution is 6.19. The van der Waals surface area contributed by atoms with Gasteiger partial charge < -0.3 is 13.4 Å². The van der Waals surface area contributed by atoms with Crippen molar-refractivity contribution >= 4 is 87.5 Å². The second kappa shape index (κ2) is 11.8. The summed E-state index contributed by atoms with van der Waals surface area (Å²) in [7, 11) is 0. The lowest BCUT2D eigenvalue weighted by atomic mass is 10.0. The number of aromatic nitrogens is 3. The maximum Gasteiger partial charge on any atom is 0.138 e. The maximum absolute atomic E-state index is 6.16. The highest BCUT2D eigenvalue weighted by Crippen LogP contribution is 2.41. The fourth-order valence-corrected chi connectivity index (χ4v) is 9.28. The number of hydrogen-bond donors (Lipinski definition) is 0. The summed E-state index contributed by atoms with van der Waals surface area (Å²) in [5.41, 5.74) is 13.4. The van der Waals surface area contributed by atoms with Crippen LogP contribution in [0.5, 0.6) is 0 Å². The molecule has 0 amide bonds. The monoisotopic (exact) mass is 741 g/mol. The number of para-hydroxylation sites is 4. The molecule has 0 aliphatic carbocycles. The van der Waals surface area contributed by atoms with E-state index in [4.69, 9.17) is 13.8 Å². The van der Waals surface area contributed by atoms with Crippen LogP contribution in [-0.4, -0.2) is 14.1 Å². The van der Waals surface area contributed by atoms with E-state index in [0.717, 1.165) is 99.8 Å². The molecule has 0 spiro atoms. The van der Waals surface area contributed by atoms with Crippen LogP contribution in [0, 0.1) is 0 Å². The Morgan fingerprint density at radius 2 is 0.845 bits per heavy atom. The number of furan rings is 2. The number of benzene rings is 8. The van der Waals surface area contributed by atoms with E-state index < -0.39 is 0 Å². The summed E-state index contributed by atoms with van der Waals surface area (Å²) < 4.78 is 17.0. The topological polar surface area (TPSA) is 49.0 Å². The third-order valence-electron chi connectivity index (χ3n) is 11.9. The van der Waals surface area contributed by atoms with Crippen LogP contribution in [0.1, 0.15) is 0 Å². The Morgan fingerprint density at radius 1 is 0.310 bits per heavy atom. The molecule has 0 atom stereocenters. The smallest absolute Gasteiger partial charge is 0.138 e. The number of rotatable bonds is 4. The van der Waals surface area contributed by atoms with Crippen LogP contribution in [0.15, 0.2) is 197 Å². The molecule has 5 heterocycles. The summed E-state index contributed by atoms with van der Waals surface area (Å²) in [4.78, 5) is 5.36. The fraction of sp³-hybridized carbons (Fsp3) is 0. The van der Waals surface area contributed by atoms with Crippen LogP contribution in [0.25, 0.3) is 121 Å². The van der Waals surface area contributed by atoms with E-state index in [9.17, 15) is 0 Å². The van der Waals surface area contributed by atoms with Crippen molar-refractivity contribution in [1.82, 2.24) is 14.1 Å². The lowest BCUT2D eigenvalue weighted by Crippen LogP contribution is -1.99. The van der Waals surface area contributed by atoms with Gasteiger partial charge in [-0.05, 0) is 102 Å². The van der Waals surface area contributed by atoms with Crippen molar-refractivity contribution < 1.29 is 8.83 Å². The van der Waals surface area contributed by atoms with Crippen molar-refractivity contribution in [3.63, 3.8) is 0 Å². The molecule has 0 saturated heterocycles. The summed E-state index contributed by atoms with van der Waals surface area (Å²) in [6.45, 7) is 0. The van der Waals surface area contributed by atoms with E-state index in [-0.39, 0.29) is 0 Å². The van der Waals surface area contributed by atoms with Gasteiger partial charge in [-0.15, -0.1) is 0 Å². The molecule has 270 valence electrons. The van der Waals surface area contributed by atoms with Gasteiger partial charge >= 0.3 is 0 Å². The van der Waals surface area contributed by atoms with Crippen molar-refractivity contribution in [1.29, 1.82) is 0 Å². The van der Waals surface area contributed by atoms with Gasteiger partial charge in [0.2, 0.25) is 0 Å². The van der Waals surface area contributed by atoms with Crippen molar-refractivity contribution in [2.24, 2.45) is 0 Å². The standard InChI is InChI=1S/C53H31N3O2/c1-5-18-45-36(13-1)40-30-41-37-14-2-6-19-46(37)56(53-22-10-17-44(54-53)34-24-26-52-43(29-34)39-16-4-8-21-50(39)58-52)48(41)31-47(40)55(45)35-12-9-11-32(27-35)33-23-25-51-42(28-33)38-15-3-7-20-49(38)57-51/h1-31H. The highest BCUT2D eigenvalue weighted by Gasteiger charge is 2.20. The summed E-state index contributed by atoms with van der Waals surface area (Å²) in [5, 5.41) is 9.27. The van der Waals surface area contributed by atoms with Crippen LogP contribution in [0.4, 0.5) is 0 Å². The molecular weight excluding hydrogens is 711 g/mol. The molecule has 0 fully saturated rings. The van der Waals surface area contributed by atoms with Gasteiger partial charge in [0, 0.05) is 54.3 Å². The Kier molecular flexibility index (Phi) is 6.38. The largest absolute Gasteiger partial charge is 0.456 e. The van der Waals surface area contributed by atoms with E-state index in [1.165, 1.54) is 21.5 Å². The van der Waals surface area contributed by atoms with Gasteiger partial charge in [-0.3, -0.25) is 4.57 Å². The van der Waals surface area contributed by atoms with Crippen molar-refractivity contribution in [3.8, 4) is 33.9 Å². The normalized spacial score (nSPS) is 12.1. The van der Waals surface area contributed by atoms with Gasteiger partial charge in [-0.2, -0.15) is 0 Å². The Morgan fingerprint density at radius 3 is 1.55 bits per heavy atom. The average molecular weight is 742 g/mol. The molecule has 5 nitrogen and oxygen atoms in total. The van der Waals surface area contributed by atoms with Gasteiger partial charge in [-0.25, -0.2) is 4.98 Å². The van der Waals surface area contributed by atoms with Crippen molar-refractivity contribution in [2.75, 3.05) is 0 Å². The van der Waals surface area contributed by atoms with E-state index in [1.54, 1.807) is 0 Å². The molecule has 0 N–H and O–H groups in total. The zero-order chi connectivity index (χ0) is 37.9. The third kappa shape index (κ3) is 4.50. The molecule has 5 aromatic heterocycles.